The van der Waals surface area contributed by atoms with E-state index in [2.05, 4.69) is 86.4 Å². The molecular formula is C17H21BrN2S2. The normalized spacial score (nSPS) is 24.7. The number of aryl methyl sites for hydroxylation is 1. The average Bonchev–Trinajstić information content (AvgIpc) is 3.13. The van der Waals surface area contributed by atoms with Gasteiger partial charge in [0.1, 0.15) is 0 Å². The van der Waals surface area contributed by atoms with Crippen LogP contribution in [0.15, 0.2) is 47.5 Å². The van der Waals surface area contributed by atoms with Gasteiger partial charge in [-0.15, -0.1) is 23.5 Å². The van der Waals surface area contributed by atoms with Gasteiger partial charge in [-0.1, -0.05) is 35.0 Å². The molecule has 2 nitrogen and oxygen atoms in total. The van der Waals surface area contributed by atoms with Crippen molar-refractivity contribution in [3.8, 4) is 0 Å². The van der Waals surface area contributed by atoms with E-state index >= 15 is 0 Å². The Morgan fingerprint density at radius 3 is 2.82 bits per heavy atom. The summed E-state index contributed by atoms with van der Waals surface area (Å²) in [6, 6.07) is 8.82. The maximum absolute atomic E-state index is 4.13. The minimum atomic E-state index is 0.341. The average molecular weight is 397 g/mol. The van der Waals surface area contributed by atoms with Crippen LogP contribution in [-0.2, 0) is 13.0 Å². The van der Waals surface area contributed by atoms with Crippen LogP contribution >= 0.6 is 39.5 Å². The first-order valence-electron chi connectivity index (χ1n) is 7.67. The molecule has 22 heavy (non-hydrogen) atoms. The molecule has 5 heteroatoms. The fraction of sp³-hybridized carbons (Fsp3) is 0.471. The number of hydrogen-bond acceptors (Lipinski definition) is 3. The van der Waals surface area contributed by atoms with Gasteiger partial charge in [0.2, 0.25) is 0 Å². The first kappa shape index (κ1) is 16.5. The molecule has 1 aliphatic rings. The van der Waals surface area contributed by atoms with Crippen molar-refractivity contribution in [2.24, 2.45) is 0 Å². The monoisotopic (exact) mass is 396 g/mol. The predicted molar refractivity (Wildman–Crippen MR) is 102 cm³/mol. The highest BCUT2D eigenvalue weighted by Gasteiger charge is 2.38. The highest BCUT2D eigenvalue weighted by molar-refractivity contribution is 9.10. The van der Waals surface area contributed by atoms with Crippen LogP contribution in [0.25, 0.3) is 0 Å². The molecule has 0 aliphatic carbocycles. The molecule has 0 spiro atoms. The van der Waals surface area contributed by atoms with Gasteiger partial charge in [-0.05, 0) is 37.0 Å². The SMILES string of the molecule is CC1CSC(CCCn2ccnc2)(Cc2ccc(Br)cc2)S1. The lowest BCUT2D eigenvalue weighted by molar-refractivity contribution is 0.578. The Bertz CT molecular complexity index is 585. The van der Waals surface area contributed by atoms with E-state index in [1.165, 1.54) is 24.2 Å². The second-order valence-corrected chi connectivity index (χ2v) is 10.3. The van der Waals surface area contributed by atoms with Crippen molar-refractivity contribution in [2.45, 2.75) is 42.1 Å². The Morgan fingerprint density at radius 1 is 1.36 bits per heavy atom. The molecule has 3 rings (SSSR count). The van der Waals surface area contributed by atoms with E-state index in [9.17, 15) is 0 Å². The van der Waals surface area contributed by atoms with Crippen LogP contribution in [0.1, 0.15) is 25.3 Å². The van der Waals surface area contributed by atoms with Gasteiger partial charge in [0.05, 0.1) is 10.4 Å². The fourth-order valence-electron chi connectivity index (χ4n) is 2.88. The summed E-state index contributed by atoms with van der Waals surface area (Å²) in [5, 5.41) is 0.758. The molecule has 1 aromatic heterocycles. The number of rotatable bonds is 6. The van der Waals surface area contributed by atoms with Crippen molar-refractivity contribution in [3.63, 3.8) is 0 Å². The molecule has 2 heterocycles. The van der Waals surface area contributed by atoms with Crippen LogP contribution in [-0.4, -0.2) is 24.6 Å². The lowest BCUT2D eigenvalue weighted by atomic mass is 10.1. The number of aromatic nitrogens is 2. The summed E-state index contributed by atoms with van der Waals surface area (Å²) in [6.07, 6.45) is 9.45. The highest BCUT2D eigenvalue weighted by Crippen LogP contribution is 2.52. The first-order valence-corrected chi connectivity index (χ1v) is 10.3. The van der Waals surface area contributed by atoms with Gasteiger partial charge in [-0.2, -0.15) is 0 Å². The minimum absolute atomic E-state index is 0.341. The number of nitrogens with zero attached hydrogens (tertiary/aromatic N) is 2. The van der Waals surface area contributed by atoms with E-state index in [-0.39, 0.29) is 0 Å². The second-order valence-electron chi connectivity index (χ2n) is 5.86. The van der Waals surface area contributed by atoms with Crippen LogP contribution < -0.4 is 0 Å². The molecule has 1 aromatic carbocycles. The topological polar surface area (TPSA) is 17.8 Å². The Kier molecular flexibility index (Phi) is 5.58. The Morgan fingerprint density at radius 2 is 2.18 bits per heavy atom. The lowest BCUT2D eigenvalue weighted by Crippen LogP contribution is -2.21. The Labute approximate surface area is 149 Å². The Hall–Kier alpha value is -0.390. The molecule has 0 N–H and O–H groups in total. The summed E-state index contributed by atoms with van der Waals surface area (Å²) >= 11 is 7.86. The predicted octanol–water partition coefficient (Wildman–Crippen LogP) is 5.23. The lowest BCUT2D eigenvalue weighted by Gasteiger charge is -2.28. The van der Waals surface area contributed by atoms with Gasteiger partial charge in [0, 0.05) is 34.4 Å². The van der Waals surface area contributed by atoms with Crippen molar-refractivity contribution < 1.29 is 0 Å². The summed E-state index contributed by atoms with van der Waals surface area (Å²) in [5.41, 5.74) is 1.44. The van der Waals surface area contributed by atoms with E-state index in [1.807, 2.05) is 12.5 Å². The molecule has 2 unspecified atom stereocenters. The third-order valence-corrected chi connectivity index (χ3v) is 8.19. The van der Waals surface area contributed by atoms with Gasteiger partial charge in [-0.25, -0.2) is 4.98 Å². The molecule has 0 saturated carbocycles. The molecule has 0 amide bonds. The van der Waals surface area contributed by atoms with Crippen molar-refractivity contribution in [1.82, 2.24) is 9.55 Å². The fourth-order valence-corrected chi connectivity index (χ4v) is 6.93. The van der Waals surface area contributed by atoms with Gasteiger partial charge >= 0.3 is 0 Å². The van der Waals surface area contributed by atoms with Crippen molar-refractivity contribution >= 4 is 39.5 Å². The van der Waals surface area contributed by atoms with Crippen LogP contribution in [0.2, 0.25) is 0 Å². The van der Waals surface area contributed by atoms with Crippen LogP contribution in [0, 0.1) is 0 Å². The molecule has 1 fully saturated rings. The third kappa shape index (κ3) is 4.33. The number of benzene rings is 1. The van der Waals surface area contributed by atoms with Crippen LogP contribution in [0.3, 0.4) is 0 Å². The summed E-state index contributed by atoms with van der Waals surface area (Å²) < 4.78 is 3.68. The summed E-state index contributed by atoms with van der Waals surface area (Å²) in [5.74, 6) is 1.27. The van der Waals surface area contributed by atoms with E-state index < -0.39 is 0 Å². The second kappa shape index (κ2) is 7.45. The first-order chi connectivity index (χ1) is 10.7. The van der Waals surface area contributed by atoms with E-state index in [1.54, 1.807) is 0 Å². The van der Waals surface area contributed by atoms with Gasteiger partial charge < -0.3 is 4.57 Å². The largest absolute Gasteiger partial charge is 0.337 e. The standard InChI is InChI=1S/C17H21BrN2S2/c1-14-12-21-17(22-14,7-2-9-20-10-8-19-13-20)11-15-3-5-16(18)6-4-15/h3-6,8,10,13-14H,2,7,9,11-12H2,1H3. The summed E-state index contributed by atoms with van der Waals surface area (Å²) in [6.45, 7) is 3.43. The zero-order chi connectivity index (χ0) is 15.4. The Balaban J connectivity index is 1.64. The maximum Gasteiger partial charge on any atom is 0.0945 e. The summed E-state index contributed by atoms with van der Waals surface area (Å²) in [4.78, 5) is 4.13. The van der Waals surface area contributed by atoms with Crippen molar-refractivity contribution in [2.75, 3.05) is 5.75 Å². The van der Waals surface area contributed by atoms with Crippen LogP contribution in [0.5, 0.6) is 0 Å². The smallest absolute Gasteiger partial charge is 0.0945 e. The molecule has 1 aliphatic heterocycles. The van der Waals surface area contributed by atoms with Crippen LogP contribution in [0.4, 0.5) is 0 Å². The molecular weight excluding hydrogens is 376 g/mol. The number of halogens is 1. The minimum Gasteiger partial charge on any atom is -0.337 e. The quantitative estimate of drug-likeness (QED) is 0.665. The zero-order valence-electron chi connectivity index (χ0n) is 12.7. The summed E-state index contributed by atoms with van der Waals surface area (Å²) in [7, 11) is 0. The van der Waals surface area contributed by atoms with E-state index in [0.29, 0.717) is 4.08 Å². The third-order valence-electron chi connectivity index (χ3n) is 3.92. The molecule has 118 valence electrons. The van der Waals surface area contributed by atoms with Gasteiger partial charge in [-0.3, -0.25) is 0 Å². The molecule has 0 radical (unpaired) electrons. The molecule has 0 bridgehead atoms. The number of thioether (sulfide) groups is 2. The van der Waals surface area contributed by atoms with Gasteiger partial charge in [0.15, 0.2) is 0 Å². The molecule has 1 saturated heterocycles. The number of imidazole rings is 1. The van der Waals surface area contributed by atoms with E-state index in [4.69, 9.17) is 0 Å². The van der Waals surface area contributed by atoms with Gasteiger partial charge in [0.25, 0.3) is 0 Å². The van der Waals surface area contributed by atoms with E-state index in [0.717, 1.165) is 22.7 Å². The highest BCUT2D eigenvalue weighted by atomic mass is 79.9. The van der Waals surface area contributed by atoms with Crippen molar-refractivity contribution in [3.05, 3.63) is 53.0 Å². The molecule has 2 atom stereocenters. The molecule has 2 aromatic rings. The zero-order valence-corrected chi connectivity index (χ0v) is 16.0. The van der Waals surface area contributed by atoms with Crippen molar-refractivity contribution in [1.29, 1.82) is 0 Å². The maximum atomic E-state index is 4.13. The number of hydrogen-bond donors (Lipinski definition) is 0.